The van der Waals surface area contributed by atoms with Crippen molar-refractivity contribution >= 4 is 34.4 Å². The van der Waals surface area contributed by atoms with Gasteiger partial charge in [-0.3, -0.25) is 0 Å². The summed E-state index contributed by atoms with van der Waals surface area (Å²) in [6, 6.07) is 7.98. The third-order valence-corrected chi connectivity index (χ3v) is 2.62. The van der Waals surface area contributed by atoms with Crippen LogP contribution < -0.4 is 4.74 Å². The van der Waals surface area contributed by atoms with E-state index in [0.29, 0.717) is 0 Å². The Morgan fingerprint density at radius 1 is 1.38 bits per heavy atom. The van der Waals surface area contributed by atoms with Crippen molar-refractivity contribution in [3.8, 4) is 5.75 Å². The van der Waals surface area contributed by atoms with Gasteiger partial charge in [0, 0.05) is 9.32 Å². The molecule has 70 valence electrons. The van der Waals surface area contributed by atoms with Gasteiger partial charge in [0.05, 0.1) is 6.26 Å². The quantitative estimate of drug-likeness (QED) is 0.621. The van der Waals surface area contributed by atoms with Crippen LogP contribution >= 0.6 is 34.4 Å². The molecule has 1 rings (SSSR count). The van der Waals surface area contributed by atoms with E-state index in [2.05, 4.69) is 28.8 Å². The lowest BCUT2D eigenvalue weighted by Crippen LogP contribution is -1.82. The van der Waals surface area contributed by atoms with Crippen molar-refractivity contribution in [1.82, 2.24) is 0 Å². The van der Waals surface area contributed by atoms with Crippen LogP contribution in [0.2, 0.25) is 0 Å². The van der Waals surface area contributed by atoms with Crippen molar-refractivity contribution in [2.45, 2.75) is 0 Å². The Kier molecular flexibility index (Phi) is 5.31. The van der Waals surface area contributed by atoms with Crippen LogP contribution in [0.3, 0.4) is 0 Å². The molecule has 0 atom stereocenters. The molecule has 0 aliphatic carbocycles. The number of hydrogen-bond donors (Lipinski definition) is 0. The van der Waals surface area contributed by atoms with Crippen molar-refractivity contribution in [1.29, 1.82) is 0 Å². The molecule has 0 bridgehead atoms. The van der Waals surface area contributed by atoms with Crippen LogP contribution in [-0.4, -0.2) is 12.0 Å². The van der Waals surface area contributed by atoms with Gasteiger partial charge < -0.3 is 4.74 Å². The number of hydrogen-bond acceptors (Lipinski definition) is 2. The summed E-state index contributed by atoms with van der Waals surface area (Å²) in [6.45, 7) is 0. The van der Waals surface area contributed by atoms with Crippen molar-refractivity contribution in [3.63, 3.8) is 0 Å². The van der Waals surface area contributed by atoms with Crippen molar-refractivity contribution in [2.24, 2.45) is 0 Å². The van der Waals surface area contributed by atoms with Gasteiger partial charge in [0.2, 0.25) is 0 Å². The maximum absolute atomic E-state index is 5.37. The summed E-state index contributed by atoms with van der Waals surface area (Å²) < 4.78 is 6.59. The van der Waals surface area contributed by atoms with Gasteiger partial charge in [-0.05, 0) is 59.2 Å². The Balaban J connectivity index is 2.41. The summed E-state index contributed by atoms with van der Waals surface area (Å²) in [5.41, 5.74) is 0. The van der Waals surface area contributed by atoms with Crippen molar-refractivity contribution in [3.05, 3.63) is 40.2 Å². The molecule has 0 saturated heterocycles. The second-order valence-electron chi connectivity index (χ2n) is 2.40. The molecule has 0 N–H and O–H groups in total. The van der Waals surface area contributed by atoms with E-state index < -0.39 is 0 Å². The minimum Gasteiger partial charge on any atom is -0.465 e. The van der Waals surface area contributed by atoms with E-state index in [1.165, 1.54) is 3.57 Å². The van der Waals surface area contributed by atoms with E-state index in [4.69, 9.17) is 4.74 Å². The van der Waals surface area contributed by atoms with Gasteiger partial charge in [0.25, 0.3) is 0 Å². The zero-order valence-electron chi connectivity index (χ0n) is 7.37. The Labute approximate surface area is 96.7 Å². The fourth-order valence-corrected chi connectivity index (χ4v) is 1.41. The Bertz CT molecular complexity index is 269. The second kappa shape index (κ2) is 6.32. The minimum absolute atomic E-state index is 0.887. The summed E-state index contributed by atoms with van der Waals surface area (Å²) in [4.78, 5) is 0. The van der Waals surface area contributed by atoms with Gasteiger partial charge >= 0.3 is 0 Å². The molecule has 1 aromatic carbocycles. The molecule has 0 radical (unpaired) electrons. The number of ether oxygens (including phenoxy) is 1. The van der Waals surface area contributed by atoms with E-state index in [0.717, 1.165) is 11.5 Å². The van der Waals surface area contributed by atoms with Crippen LogP contribution in [0, 0.1) is 3.57 Å². The molecule has 1 aromatic rings. The minimum atomic E-state index is 0.887. The van der Waals surface area contributed by atoms with Crippen LogP contribution in [0.1, 0.15) is 0 Å². The zero-order chi connectivity index (χ0) is 9.52. The number of benzene rings is 1. The summed E-state index contributed by atoms with van der Waals surface area (Å²) in [6.07, 6.45) is 5.80. The molecule has 0 heterocycles. The summed E-state index contributed by atoms with van der Waals surface area (Å²) >= 11 is 4.04. The topological polar surface area (TPSA) is 9.23 Å². The highest BCUT2D eigenvalue weighted by molar-refractivity contribution is 14.1. The van der Waals surface area contributed by atoms with Gasteiger partial charge in [-0.2, -0.15) is 11.8 Å². The average molecular weight is 306 g/mol. The van der Waals surface area contributed by atoms with Crippen LogP contribution in [0.5, 0.6) is 5.75 Å². The first-order valence-electron chi connectivity index (χ1n) is 3.89. The highest BCUT2D eigenvalue weighted by atomic mass is 127. The molecule has 0 amide bonds. The van der Waals surface area contributed by atoms with Gasteiger partial charge in [0.1, 0.15) is 5.75 Å². The lowest BCUT2D eigenvalue weighted by atomic mass is 10.3. The predicted molar refractivity (Wildman–Crippen MR) is 67.3 cm³/mol. The number of thioether (sulfide) groups is 1. The molecule has 3 heteroatoms. The van der Waals surface area contributed by atoms with E-state index in [-0.39, 0.29) is 0 Å². The fraction of sp³-hybridized carbons (Fsp3) is 0.200. The molecular weight excluding hydrogens is 295 g/mol. The largest absolute Gasteiger partial charge is 0.465 e. The first-order chi connectivity index (χ1) is 6.33. The third-order valence-electron chi connectivity index (χ3n) is 1.38. The Morgan fingerprint density at radius 2 is 2.08 bits per heavy atom. The van der Waals surface area contributed by atoms with Gasteiger partial charge in [-0.15, -0.1) is 0 Å². The first-order valence-corrected chi connectivity index (χ1v) is 6.36. The second-order valence-corrected chi connectivity index (χ2v) is 4.56. The molecule has 13 heavy (non-hydrogen) atoms. The third kappa shape index (κ3) is 4.57. The highest BCUT2D eigenvalue weighted by Gasteiger charge is 1.89. The maximum Gasteiger partial charge on any atom is 0.126 e. The monoisotopic (exact) mass is 306 g/mol. The van der Waals surface area contributed by atoms with Crippen LogP contribution in [0.4, 0.5) is 0 Å². The summed E-state index contributed by atoms with van der Waals surface area (Å²) in [7, 11) is 0. The van der Waals surface area contributed by atoms with E-state index in [9.17, 15) is 0 Å². The summed E-state index contributed by atoms with van der Waals surface area (Å²) in [5, 5.41) is 0. The van der Waals surface area contributed by atoms with E-state index >= 15 is 0 Å². The molecule has 0 aliphatic heterocycles. The molecule has 0 saturated carbocycles. The highest BCUT2D eigenvalue weighted by Crippen LogP contribution is 2.13. The summed E-state index contributed by atoms with van der Waals surface area (Å²) in [5.74, 6) is 1.88. The normalized spacial score (nSPS) is 10.6. The van der Waals surface area contributed by atoms with Crippen LogP contribution in [0.25, 0.3) is 0 Å². The van der Waals surface area contributed by atoms with Crippen molar-refractivity contribution in [2.75, 3.05) is 12.0 Å². The maximum atomic E-state index is 5.37. The molecule has 0 spiro atoms. The first kappa shape index (κ1) is 10.9. The average Bonchev–Trinajstić information content (AvgIpc) is 2.15. The van der Waals surface area contributed by atoms with Crippen LogP contribution in [0.15, 0.2) is 36.6 Å². The van der Waals surface area contributed by atoms with E-state index in [1.54, 1.807) is 18.0 Å². The fourth-order valence-electron chi connectivity index (χ4n) is 0.775. The standard InChI is InChI=1S/C10H11IOS/c1-13-8-2-7-12-10-5-3-9(11)4-6-10/h2-7H,8H2,1H3/b7-2+. The molecular formula is C10H11IOS. The molecule has 0 unspecified atom stereocenters. The van der Waals surface area contributed by atoms with Gasteiger partial charge in [-0.25, -0.2) is 0 Å². The van der Waals surface area contributed by atoms with Gasteiger partial charge in [-0.1, -0.05) is 0 Å². The number of halogens is 1. The lowest BCUT2D eigenvalue weighted by Gasteiger charge is -1.98. The molecule has 0 aromatic heterocycles. The zero-order valence-corrected chi connectivity index (χ0v) is 10.3. The molecule has 0 fully saturated rings. The molecule has 1 nitrogen and oxygen atoms in total. The Hall–Kier alpha value is -0.160. The Morgan fingerprint density at radius 3 is 2.69 bits per heavy atom. The van der Waals surface area contributed by atoms with Crippen molar-refractivity contribution < 1.29 is 4.74 Å². The lowest BCUT2D eigenvalue weighted by molar-refractivity contribution is 0.480. The van der Waals surface area contributed by atoms with Gasteiger partial charge in [0.15, 0.2) is 0 Å². The van der Waals surface area contributed by atoms with E-state index in [1.807, 2.05) is 30.3 Å². The van der Waals surface area contributed by atoms with Crippen LogP contribution in [-0.2, 0) is 0 Å². The smallest absolute Gasteiger partial charge is 0.126 e. The molecule has 0 aliphatic rings. The number of rotatable bonds is 4. The SMILES string of the molecule is CSC/C=C/Oc1ccc(I)cc1. The predicted octanol–water partition coefficient (Wildman–Crippen LogP) is 3.55.